The van der Waals surface area contributed by atoms with E-state index in [2.05, 4.69) is 10.6 Å². The highest BCUT2D eigenvalue weighted by Crippen LogP contribution is 2.48. The summed E-state index contributed by atoms with van der Waals surface area (Å²) < 4.78 is 10.2. The molecular weight excluding hydrogens is 410 g/mol. The second-order valence-electron chi connectivity index (χ2n) is 7.67. The Kier molecular flexibility index (Phi) is 8.21. The van der Waals surface area contributed by atoms with Crippen molar-refractivity contribution in [2.45, 2.75) is 12.3 Å². The minimum Gasteiger partial charge on any atom is -0.497 e. The SMILES string of the molecule is COCCN(CC(=O)NCC(=O)Nc1ccc(OC)cc1)C(=O)C1CC1c1ccccc1. The van der Waals surface area contributed by atoms with Crippen LogP contribution in [0.25, 0.3) is 0 Å². The lowest BCUT2D eigenvalue weighted by Gasteiger charge is -2.22. The Hall–Kier alpha value is -3.39. The molecule has 1 aliphatic rings. The van der Waals surface area contributed by atoms with Crippen LogP contribution in [0.5, 0.6) is 5.75 Å². The first-order valence-corrected chi connectivity index (χ1v) is 10.5. The lowest BCUT2D eigenvalue weighted by molar-refractivity contribution is -0.138. The smallest absolute Gasteiger partial charge is 0.243 e. The fraction of sp³-hybridized carbons (Fsp3) is 0.375. The van der Waals surface area contributed by atoms with E-state index in [9.17, 15) is 14.4 Å². The highest BCUT2D eigenvalue weighted by Gasteiger charge is 2.45. The van der Waals surface area contributed by atoms with Gasteiger partial charge in [-0.2, -0.15) is 0 Å². The lowest BCUT2D eigenvalue weighted by atomic mass is 10.1. The van der Waals surface area contributed by atoms with Gasteiger partial charge in [-0.15, -0.1) is 0 Å². The second kappa shape index (κ2) is 11.3. The number of methoxy groups -OCH3 is 2. The van der Waals surface area contributed by atoms with Gasteiger partial charge >= 0.3 is 0 Å². The number of rotatable bonds is 11. The molecule has 1 fully saturated rings. The van der Waals surface area contributed by atoms with Gasteiger partial charge in [-0.05, 0) is 42.2 Å². The van der Waals surface area contributed by atoms with Gasteiger partial charge < -0.3 is 25.0 Å². The van der Waals surface area contributed by atoms with E-state index in [-0.39, 0.29) is 36.7 Å². The molecule has 0 spiro atoms. The van der Waals surface area contributed by atoms with Gasteiger partial charge in [0.05, 0.1) is 26.8 Å². The molecule has 2 unspecified atom stereocenters. The molecule has 0 radical (unpaired) electrons. The van der Waals surface area contributed by atoms with Crippen LogP contribution in [0.3, 0.4) is 0 Å². The summed E-state index contributed by atoms with van der Waals surface area (Å²) in [4.78, 5) is 39.0. The van der Waals surface area contributed by atoms with Crippen molar-refractivity contribution in [1.82, 2.24) is 10.2 Å². The summed E-state index contributed by atoms with van der Waals surface area (Å²) >= 11 is 0. The quantitative estimate of drug-likeness (QED) is 0.559. The average Bonchev–Trinajstić information content (AvgIpc) is 3.62. The Morgan fingerprint density at radius 3 is 2.38 bits per heavy atom. The maximum atomic E-state index is 13.0. The normalized spacial score (nSPS) is 16.7. The maximum absolute atomic E-state index is 13.0. The number of hydrogen-bond donors (Lipinski definition) is 2. The van der Waals surface area contributed by atoms with Gasteiger partial charge in [0.2, 0.25) is 17.7 Å². The molecule has 32 heavy (non-hydrogen) atoms. The summed E-state index contributed by atoms with van der Waals surface area (Å²) in [5.41, 5.74) is 1.74. The Morgan fingerprint density at radius 2 is 1.72 bits per heavy atom. The third-order valence-corrected chi connectivity index (χ3v) is 5.37. The van der Waals surface area contributed by atoms with E-state index in [4.69, 9.17) is 9.47 Å². The van der Waals surface area contributed by atoms with Crippen molar-refractivity contribution in [3.05, 3.63) is 60.2 Å². The van der Waals surface area contributed by atoms with Crippen LogP contribution in [0.4, 0.5) is 5.69 Å². The first-order valence-electron chi connectivity index (χ1n) is 10.5. The van der Waals surface area contributed by atoms with E-state index < -0.39 is 5.91 Å². The maximum Gasteiger partial charge on any atom is 0.243 e. The van der Waals surface area contributed by atoms with Crippen LogP contribution >= 0.6 is 0 Å². The predicted octanol–water partition coefficient (Wildman–Crippen LogP) is 2.03. The van der Waals surface area contributed by atoms with E-state index in [1.165, 1.54) is 4.90 Å². The minimum atomic E-state index is -0.392. The third kappa shape index (κ3) is 6.55. The van der Waals surface area contributed by atoms with Crippen molar-refractivity contribution in [1.29, 1.82) is 0 Å². The molecule has 2 N–H and O–H groups in total. The van der Waals surface area contributed by atoms with E-state index >= 15 is 0 Å². The predicted molar refractivity (Wildman–Crippen MR) is 120 cm³/mol. The van der Waals surface area contributed by atoms with Crippen molar-refractivity contribution < 1.29 is 23.9 Å². The molecule has 1 saturated carbocycles. The number of anilines is 1. The second-order valence-corrected chi connectivity index (χ2v) is 7.67. The zero-order valence-corrected chi connectivity index (χ0v) is 18.4. The van der Waals surface area contributed by atoms with E-state index in [0.717, 1.165) is 12.0 Å². The van der Waals surface area contributed by atoms with Crippen LogP contribution in [0.15, 0.2) is 54.6 Å². The Balaban J connectivity index is 1.48. The number of carbonyl (C=O) groups excluding carboxylic acids is 3. The van der Waals surface area contributed by atoms with Crippen molar-refractivity contribution in [3.63, 3.8) is 0 Å². The number of amides is 3. The molecule has 2 atom stereocenters. The monoisotopic (exact) mass is 439 g/mol. The Bertz CT molecular complexity index is 917. The van der Waals surface area contributed by atoms with Gasteiger partial charge in [-0.25, -0.2) is 0 Å². The standard InChI is InChI=1S/C24H29N3O5/c1-31-13-12-27(24(30)21-14-20(21)17-6-4-3-5-7-17)16-23(29)25-15-22(28)26-18-8-10-19(32-2)11-9-18/h3-11,20-21H,12-16H2,1-2H3,(H,25,29)(H,26,28). The lowest BCUT2D eigenvalue weighted by Crippen LogP contribution is -2.44. The molecular formula is C24H29N3O5. The number of ether oxygens (including phenoxy) is 2. The summed E-state index contributed by atoms with van der Waals surface area (Å²) in [7, 11) is 3.12. The van der Waals surface area contributed by atoms with Gasteiger partial charge in [0.25, 0.3) is 0 Å². The molecule has 170 valence electrons. The Labute approximate surface area is 187 Å². The molecule has 8 heteroatoms. The third-order valence-electron chi connectivity index (χ3n) is 5.37. The summed E-state index contributed by atoms with van der Waals surface area (Å²) in [6, 6.07) is 16.8. The summed E-state index contributed by atoms with van der Waals surface area (Å²) in [5.74, 6) is -0.0654. The van der Waals surface area contributed by atoms with Crippen molar-refractivity contribution in [3.8, 4) is 5.75 Å². The average molecular weight is 440 g/mol. The largest absolute Gasteiger partial charge is 0.497 e. The van der Waals surface area contributed by atoms with Gasteiger partial charge in [0.1, 0.15) is 5.75 Å². The first-order chi connectivity index (χ1) is 15.5. The van der Waals surface area contributed by atoms with E-state index in [1.54, 1.807) is 38.5 Å². The topological polar surface area (TPSA) is 97.0 Å². The highest BCUT2D eigenvalue weighted by atomic mass is 16.5. The van der Waals surface area contributed by atoms with Crippen molar-refractivity contribution >= 4 is 23.4 Å². The number of hydrogen-bond acceptors (Lipinski definition) is 5. The summed E-state index contributed by atoms with van der Waals surface area (Å²) in [5, 5.41) is 5.28. The molecule has 0 bridgehead atoms. The minimum absolute atomic E-state index is 0.0614. The molecule has 0 saturated heterocycles. The number of carbonyl (C=O) groups is 3. The molecule has 3 amide bonds. The van der Waals surface area contributed by atoms with Gasteiger partial charge in [-0.3, -0.25) is 14.4 Å². The fourth-order valence-electron chi connectivity index (χ4n) is 3.53. The van der Waals surface area contributed by atoms with Crippen LogP contribution in [0.2, 0.25) is 0 Å². The van der Waals surface area contributed by atoms with Gasteiger partial charge in [0, 0.05) is 25.3 Å². The molecule has 2 aromatic carbocycles. The number of nitrogens with zero attached hydrogens (tertiary/aromatic N) is 1. The van der Waals surface area contributed by atoms with Gasteiger partial charge in [0.15, 0.2) is 0 Å². The molecule has 2 aromatic rings. The summed E-state index contributed by atoms with van der Waals surface area (Å²) in [6.45, 7) is 0.349. The number of nitrogens with one attached hydrogen (secondary N) is 2. The highest BCUT2D eigenvalue weighted by molar-refractivity contribution is 5.95. The van der Waals surface area contributed by atoms with Crippen molar-refractivity contribution in [2.24, 2.45) is 5.92 Å². The zero-order valence-electron chi connectivity index (χ0n) is 18.4. The zero-order chi connectivity index (χ0) is 22.9. The Morgan fingerprint density at radius 1 is 1.00 bits per heavy atom. The van der Waals surface area contributed by atoms with Crippen LogP contribution in [-0.4, -0.2) is 63.1 Å². The van der Waals surface area contributed by atoms with E-state index in [1.807, 2.05) is 30.3 Å². The van der Waals surface area contributed by atoms with Crippen LogP contribution in [0, 0.1) is 5.92 Å². The fourth-order valence-corrected chi connectivity index (χ4v) is 3.53. The molecule has 0 aromatic heterocycles. The van der Waals surface area contributed by atoms with Crippen molar-refractivity contribution in [2.75, 3.05) is 45.8 Å². The molecule has 8 nitrogen and oxygen atoms in total. The summed E-state index contributed by atoms with van der Waals surface area (Å²) in [6.07, 6.45) is 0.776. The first kappa shape index (κ1) is 23.3. The van der Waals surface area contributed by atoms with Gasteiger partial charge in [-0.1, -0.05) is 30.3 Å². The van der Waals surface area contributed by atoms with Crippen LogP contribution < -0.4 is 15.4 Å². The molecule has 3 rings (SSSR count). The molecule has 0 aliphatic heterocycles. The van der Waals surface area contributed by atoms with E-state index in [0.29, 0.717) is 24.6 Å². The van der Waals surface area contributed by atoms with Crippen LogP contribution in [-0.2, 0) is 19.1 Å². The molecule has 1 aliphatic carbocycles. The number of benzene rings is 2. The molecule has 0 heterocycles. The van der Waals surface area contributed by atoms with Crippen LogP contribution in [0.1, 0.15) is 17.9 Å².